The van der Waals surface area contributed by atoms with Crippen LogP contribution in [0, 0.1) is 6.92 Å². The fourth-order valence-electron chi connectivity index (χ4n) is 2.90. The Morgan fingerprint density at radius 1 is 1.16 bits per heavy atom. The molecule has 11 heteroatoms. The van der Waals surface area contributed by atoms with E-state index in [9.17, 15) is 4.79 Å². The number of methoxy groups -OCH3 is 2. The van der Waals surface area contributed by atoms with Crippen molar-refractivity contribution in [3.8, 4) is 28.7 Å². The van der Waals surface area contributed by atoms with Gasteiger partial charge in [-0.3, -0.25) is 10.1 Å². The Morgan fingerprint density at radius 2 is 2.00 bits per heavy atom. The maximum Gasteiger partial charge on any atom is 0.257 e. The van der Waals surface area contributed by atoms with E-state index in [-0.39, 0.29) is 5.91 Å². The Bertz CT molecular complexity index is 1260. The van der Waals surface area contributed by atoms with E-state index in [1.54, 1.807) is 61.4 Å². The average Bonchev–Trinajstić information content (AvgIpc) is 3.39. The molecule has 0 radical (unpaired) electrons. The normalized spacial score (nSPS) is 10.7. The van der Waals surface area contributed by atoms with E-state index in [4.69, 9.17) is 21.1 Å². The molecule has 1 amide bonds. The second-order valence-corrected chi connectivity index (χ2v) is 7.55. The Labute approximate surface area is 186 Å². The monoisotopic (exact) mass is 456 g/mol. The quantitative estimate of drug-likeness (QED) is 0.467. The van der Waals surface area contributed by atoms with Crippen molar-refractivity contribution in [2.75, 3.05) is 19.5 Å². The second-order valence-electron chi connectivity index (χ2n) is 6.36. The van der Waals surface area contributed by atoms with Crippen molar-refractivity contribution < 1.29 is 14.3 Å². The van der Waals surface area contributed by atoms with Crippen LogP contribution in [0.4, 0.5) is 5.13 Å². The van der Waals surface area contributed by atoms with Crippen LogP contribution in [0.2, 0.25) is 5.02 Å². The molecule has 0 aliphatic carbocycles. The first-order valence-corrected chi connectivity index (χ1v) is 10.2. The number of anilines is 1. The SMILES string of the molecule is COc1cccc(C(=O)Nc2nc(-c3nnn(-c4cc(Cl)ccc4OC)c3C)ns2)c1. The van der Waals surface area contributed by atoms with Crippen molar-refractivity contribution in [1.82, 2.24) is 24.4 Å². The molecule has 0 unspecified atom stereocenters. The van der Waals surface area contributed by atoms with Crippen LogP contribution in [0.1, 0.15) is 16.1 Å². The maximum atomic E-state index is 12.5. The topological polar surface area (TPSA) is 104 Å². The fourth-order valence-corrected chi connectivity index (χ4v) is 3.63. The van der Waals surface area contributed by atoms with E-state index in [0.29, 0.717) is 50.1 Å². The fraction of sp³-hybridized carbons (Fsp3) is 0.150. The molecule has 0 aliphatic rings. The highest BCUT2D eigenvalue weighted by Gasteiger charge is 2.19. The standard InChI is InChI=1S/C20H17ClN6O3S/c1-11-17(24-26-27(11)15-10-13(21)7-8-16(15)30-3)18-22-20(31-25-18)23-19(28)12-5-4-6-14(9-12)29-2/h4-10H,1-3H3,(H,22,23,25,28). The summed E-state index contributed by atoms with van der Waals surface area (Å²) >= 11 is 7.19. The molecule has 31 heavy (non-hydrogen) atoms. The number of ether oxygens (including phenoxy) is 2. The molecular weight excluding hydrogens is 440 g/mol. The van der Waals surface area contributed by atoms with Gasteiger partial charge in [-0.15, -0.1) is 5.10 Å². The molecule has 2 aromatic heterocycles. The number of halogens is 1. The minimum atomic E-state index is -0.314. The van der Waals surface area contributed by atoms with Crippen LogP contribution in [-0.4, -0.2) is 44.5 Å². The number of nitrogens with one attached hydrogen (secondary N) is 1. The summed E-state index contributed by atoms with van der Waals surface area (Å²) in [6, 6.07) is 12.1. The number of hydrogen-bond acceptors (Lipinski definition) is 8. The van der Waals surface area contributed by atoms with Crippen LogP contribution in [0.3, 0.4) is 0 Å². The smallest absolute Gasteiger partial charge is 0.257 e. The first kappa shape index (κ1) is 20.8. The van der Waals surface area contributed by atoms with E-state index in [2.05, 4.69) is 25.0 Å². The van der Waals surface area contributed by atoms with Gasteiger partial charge in [-0.25, -0.2) is 4.68 Å². The number of rotatable bonds is 6. The molecule has 9 nitrogen and oxygen atoms in total. The summed E-state index contributed by atoms with van der Waals surface area (Å²) in [7, 11) is 3.11. The van der Waals surface area contributed by atoms with Crippen molar-refractivity contribution in [2.24, 2.45) is 0 Å². The predicted octanol–water partition coefficient (Wildman–Crippen LogP) is 4.02. The first-order chi connectivity index (χ1) is 15.0. The van der Waals surface area contributed by atoms with Gasteiger partial charge < -0.3 is 9.47 Å². The minimum absolute atomic E-state index is 0.314. The Balaban J connectivity index is 1.59. The van der Waals surface area contributed by atoms with Crippen LogP contribution in [0.15, 0.2) is 42.5 Å². The number of benzene rings is 2. The van der Waals surface area contributed by atoms with E-state index in [0.717, 1.165) is 11.5 Å². The summed E-state index contributed by atoms with van der Waals surface area (Å²) in [5, 5.41) is 12.0. The largest absolute Gasteiger partial charge is 0.497 e. The van der Waals surface area contributed by atoms with Gasteiger partial charge >= 0.3 is 0 Å². The van der Waals surface area contributed by atoms with Gasteiger partial charge in [0.1, 0.15) is 17.2 Å². The van der Waals surface area contributed by atoms with Crippen molar-refractivity contribution >= 4 is 34.2 Å². The number of nitrogens with zero attached hydrogens (tertiary/aromatic N) is 5. The lowest BCUT2D eigenvalue weighted by Gasteiger charge is -2.09. The molecule has 0 bridgehead atoms. The molecule has 1 N–H and O–H groups in total. The van der Waals surface area contributed by atoms with Crippen LogP contribution < -0.4 is 14.8 Å². The molecule has 0 atom stereocenters. The highest BCUT2D eigenvalue weighted by molar-refractivity contribution is 7.10. The Hall–Kier alpha value is -3.50. The summed E-state index contributed by atoms with van der Waals surface area (Å²) in [5.74, 6) is 1.23. The number of carbonyl (C=O) groups is 1. The zero-order chi connectivity index (χ0) is 22.0. The molecule has 0 fully saturated rings. The highest BCUT2D eigenvalue weighted by atomic mass is 35.5. The Kier molecular flexibility index (Phi) is 5.83. The molecule has 0 spiro atoms. The third-order valence-electron chi connectivity index (χ3n) is 4.45. The maximum absolute atomic E-state index is 12.5. The van der Waals surface area contributed by atoms with Gasteiger partial charge in [-0.05, 0) is 43.3 Å². The van der Waals surface area contributed by atoms with E-state index in [1.165, 1.54) is 0 Å². The van der Waals surface area contributed by atoms with Crippen LogP contribution in [-0.2, 0) is 0 Å². The summed E-state index contributed by atoms with van der Waals surface area (Å²) in [6.07, 6.45) is 0. The summed E-state index contributed by atoms with van der Waals surface area (Å²) in [5.41, 5.74) is 2.28. The lowest BCUT2D eigenvalue weighted by atomic mass is 10.2. The number of carbonyl (C=O) groups excluding carboxylic acids is 1. The Morgan fingerprint density at radius 3 is 2.77 bits per heavy atom. The third-order valence-corrected chi connectivity index (χ3v) is 5.32. The molecule has 2 aromatic carbocycles. The van der Waals surface area contributed by atoms with Gasteiger partial charge in [-0.1, -0.05) is 22.9 Å². The lowest BCUT2D eigenvalue weighted by Crippen LogP contribution is -2.11. The zero-order valence-electron chi connectivity index (χ0n) is 16.8. The molecule has 4 aromatic rings. The van der Waals surface area contributed by atoms with Gasteiger partial charge in [-0.2, -0.15) is 9.36 Å². The van der Waals surface area contributed by atoms with Gasteiger partial charge in [0.2, 0.25) is 5.13 Å². The molecule has 0 saturated carbocycles. The summed E-state index contributed by atoms with van der Waals surface area (Å²) in [4.78, 5) is 16.9. The number of hydrogen-bond donors (Lipinski definition) is 1. The highest BCUT2D eigenvalue weighted by Crippen LogP contribution is 2.29. The second kappa shape index (κ2) is 8.70. The average molecular weight is 457 g/mol. The van der Waals surface area contributed by atoms with Crippen molar-refractivity contribution in [3.05, 3.63) is 58.7 Å². The first-order valence-electron chi connectivity index (χ1n) is 9.06. The minimum Gasteiger partial charge on any atom is -0.497 e. The molecule has 2 heterocycles. The number of aromatic nitrogens is 5. The zero-order valence-corrected chi connectivity index (χ0v) is 18.4. The van der Waals surface area contributed by atoms with Crippen LogP contribution in [0.5, 0.6) is 11.5 Å². The molecular formula is C20H17ClN6O3S. The lowest BCUT2D eigenvalue weighted by molar-refractivity contribution is 0.102. The third kappa shape index (κ3) is 4.21. The van der Waals surface area contributed by atoms with Gasteiger partial charge in [0.05, 0.1) is 19.9 Å². The van der Waals surface area contributed by atoms with E-state index in [1.807, 2.05) is 6.92 Å². The molecule has 158 valence electrons. The molecule has 4 rings (SSSR count). The molecule has 0 aliphatic heterocycles. The number of amides is 1. The van der Waals surface area contributed by atoms with Crippen molar-refractivity contribution in [3.63, 3.8) is 0 Å². The van der Waals surface area contributed by atoms with Gasteiger partial charge in [0.15, 0.2) is 11.5 Å². The van der Waals surface area contributed by atoms with Crippen LogP contribution in [0.25, 0.3) is 17.2 Å². The predicted molar refractivity (Wildman–Crippen MR) is 118 cm³/mol. The van der Waals surface area contributed by atoms with Gasteiger partial charge in [0, 0.05) is 22.1 Å². The summed E-state index contributed by atoms with van der Waals surface area (Å²) in [6.45, 7) is 1.84. The van der Waals surface area contributed by atoms with Crippen molar-refractivity contribution in [2.45, 2.75) is 6.92 Å². The van der Waals surface area contributed by atoms with E-state index >= 15 is 0 Å². The van der Waals surface area contributed by atoms with Gasteiger partial charge in [0.25, 0.3) is 5.91 Å². The molecule has 0 saturated heterocycles. The van der Waals surface area contributed by atoms with Crippen molar-refractivity contribution in [1.29, 1.82) is 0 Å². The van der Waals surface area contributed by atoms with Crippen LogP contribution >= 0.6 is 23.1 Å². The van der Waals surface area contributed by atoms with E-state index < -0.39 is 0 Å². The summed E-state index contributed by atoms with van der Waals surface area (Å²) < 4.78 is 16.5.